The quantitative estimate of drug-likeness (QED) is 0.380. The Kier molecular flexibility index (Phi) is 5.55. The van der Waals surface area contributed by atoms with Crippen LogP contribution in [0.2, 0.25) is 0 Å². The van der Waals surface area contributed by atoms with Crippen LogP contribution in [0.1, 0.15) is 57.1 Å². The number of benzene rings is 2. The summed E-state index contributed by atoms with van der Waals surface area (Å²) in [4.78, 5) is 26.8. The lowest BCUT2D eigenvalue weighted by Gasteiger charge is -2.28. The molecule has 0 saturated heterocycles. The van der Waals surface area contributed by atoms with Gasteiger partial charge < -0.3 is 4.74 Å². The Bertz CT molecular complexity index is 761. The maximum absolute atomic E-state index is 13.4. The lowest BCUT2D eigenvalue weighted by Crippen LogP contribution is -2.44. The molecule has 136 valence electrons. The molecule has 0 radical (unpaired) electrons. The maximum atomic E-state index is 13.4. The largest absolute Gasteiger partial charge is 0.464 e. The standard InChI is InChI=1S/C23H26O3/c1-3-5-15-21(24)23(22(25)26-16-6-4-2)19-13-9-7-11-17(19)18-12-8-10-14-20(18)23/h7-14H,3-6,15-16H2,1-2H3. The minimum absolute atomic E-state index is 0.0572. The van der Waals surface area contributed by atoms with Crippen molar-refractivity contribution in [2.24, 2.45) is 0 Å². The van der Waals surface area contributed by atoms with Gasteiger partial charge in [-0.15, -0.1) is 0 Å². The Morgan fingerprint density at radius 3 is 1.92 bits per heavy atom. The number of rotatable bonds is 8. The van der Waals surface area contributed by atoms with Crippen LogP contribution < -0.4 is 0 Å². The van der Waals surface area contributed by atoms with Crippen molar-refractivity contribution in [1.82, 2.24) is 0 Å². The van der Waals surface area contributed by atoms with Gasteiger partial charge in [0.2, 0.25) is 0 Å². The van der Waals surface area contributed by atoms with Crippen molar-refractivity contribution in [1.29, 1.82) is 0 Å². The summed E-state index contributed by atoms with van der Waals surface area (Å²) in [5.41, 5.74) is 2.13. The SMILES string of the molecule is CCCCOC(=O)C1(C(=O)CCCC)c2ccccc2-c2ccccc21. The molecule has 3 rings (SSSR count). The molecule has 2 aromatic carbocycles. The minimum atomic E-state index is -1.32. The molecule has 0 amide bonds. The zero-order valence-electron chi connectivity index (χ0n) is 15.6. The van der Waals surface area contributed by atoms with E-state index in [1.807, 2.05) is 48.5 Å². The molecule has 0 aliphatic heterocycles. The number of Topliss-reactive ketones (excluding diaryl/α,β-unsaturated/α-hetero) is 1. The van der Waals surface area contributed by atoms with Gasteiger partial charge in [-0.25, -0.2) is 0 Å². The molecule has 0 unspecified atom stereocenters. The highest BCUT2D eigenvalue weighted by molar-refractivity contribution is 6.18. The van der Waals surface area contributed by atoms with Crippen molar-refractivity contribution in [3.8, 4) is 11.1 Å². The number of hydrogen-bond acceptors (Lipinski definition) is 3. The first kappa shape index (κ1) is 18.4. The summed E-state index contributed by atoms with van der Waals surface area (Å²) in [7, 11) is 0. The number of unbranched alkanes of at least 4 members (excludes halogenated alkanes) is 2. The van der Waals surface area contributed by atoms with Crippen molar-refractivity contribution in [2.75, 3.05) is 6.61 Å². The fraction of sp³-hybridized carbons (Fsp3) is 0.391. The van der Waals surface area contributed by atoms with Crippen molar-refractivity contribution < 1.29 is 14.3 Å². The van der Waals surface area contributed by atoms with E-state index in [9.17, 15) is 9.59 Å². The first-order chi connectivity index (χ1) is 12.7. The molecule has 0 aromatic heterocycles. The van der Waals surface area contributed by atoms with Crippen LogP contribution in [0.15, 0.2) is 48.5 Å². The van der Waals surface area contributed by atoms with E-state index >= 15 is 0 Å². The molecule has 0 saturated carbocycles. The van der Waals surface area contributed by atoms with Gasteiger partial charge in [-0.1, -0.05) is 75.2 Å². The predicted octanol–water partition coefficient (Wildman–Crippen LogP) is 5.06. The first-order valence-electron chi connectivity index (χ1n) is 9.57. The van der Waals surface area contributed by atoms with Crippen LogP contribution in [0.5, 0.6) is 0 Å². The lowest BCUT2D eigenvalue weighted by molar-refractivity contribution is -0.152. The second kappa shape index (κ2) is 7.86. The molecule has 0 fully saturated rings. The molecule has 0 atom stereocenters. The average Bonchev–Trinajstić information content (AvgIpc) is 2.98. The average molecular weight is 350 g/mol. The Labute approximate surface area is 155 Å². The maximum Gasteiger partial charge on any atom is 0.328 e. The molecule has 0 bridgehead atoms. The third-order valence-electron chi connectivity index (χ3n) is 5.17. The van der Waals surface area contributed by atoms with E-state index in [2.05, 4.69) is 13.8 Å². The third-order valence-corrected chi connectivity index (χ3v) is 5.17. The summed E-state index contributed by atoms with van der Waals surface area (Å²) in [5, 5.41) is 0. The van der Waals surface area contributed by atoms with Gasteiger partial charge in [-0.05, 0) is 35.1 Å². The van der Waals surface area contributed by atoms with E-state index in [0.717, 1.165) is 47.9 Å². The van der Waals surface area contributed by atoms with E-state index in [1.165, 1.54) is 0 Å². The number of ketones is 1. The summed E-state index contributed by atoms with van der Waals surface area (Å²) in [6.07, 6.45) is 3.80. The molecule has 26 heavy (non-hydrogen) atoms. The fourth-order valence-electron chi connectivity index (χ4n) is 3.81. The van der Waals surface area contributed by atoms with E-state index in [4.69, 9.17) is 4.74 Å². The molecule has 0 N–H and O–H groups in total. The van der Waals surface area contributed by atoms with Crippen molar-refractivity contribution >= 4 is 11.8 Å². The van der Waals surface area contributed by atoms with Gasteiger partial charge in [0.05, 0.1) is 6.61 Å². The third kappa shape index (κ3) is 2.86. The van der Waals surface area contributed by atoms with Crippen LogP contribution >= 0.6 is 0 Å². The van der Waals surface area contributed by atoms with Gasteiger partial charge >= 0.3 is 5.97 Å². The zero-order valence-corrected chi connectivity index (χ0v) is 15.6. The molecule has 1 aliphatic carbocycles. The number of hydrogen-bond donors (Lipinski definition) is 0. The van der Waals surface area contributed by atoms with E-state index < -0.39 is 11.4 Å². The summed E-state index contributed by atoms with van der Waals surface area (Å²) in [6, 6.07) is 15.5. The molecule has 3 heteroatoms. The fourth-order valence-corrected chi connectivity index (χ4v) is 3.81. The van der Waals surface area contributed by atoms with Gasteiger partial charge in [0.25, 0.3) is 0 Å². The van der Waals surface area contributed by atoms with Crippen LogP contribution in [-0.2, 0) is 19.7 Å². The Morgan fingerprint density at radius 1 is 0.846 bits per heavy atom. The van der Waals surface area contributed by atoms with Crippen molar-refractivity contribution in [3.05, 3.63) is 59.7 Å². The molecular weight excluding hydrogens is 324 g/mol. The van der Waals surface area contributed by atoms with Crippen molar-refractivity contribution in [2.45, 2.75) is 51.4 Å². The van der Waals surface area contributed by atoms with E-state index in [-0.39, 0.29) is 5.78 Å². The Hall–Kier alpha value is -2.42. The minimum Gasteiger partial charge on any atom is -0.464 e. The Balaban J connectivity index is 2.17. The number of carbonyl (C=O) groups excluding carboxylic acids is 2. The van der Waals surface area contributed by atoms with Crippen LogP contribution in [0, 0.1) is 0 Å². The first-order valence-corrected chi connectivity index (χ1v) is 9.57. The predicted molar refractivity (Wildman–Crippen MR) is 103 cm³/mol. The summed E-state index contributed by atoms with van der Waals surface area (Å²) >= 11 is 0. The highest BCUT2D eigenvalue weighted by Crippen LogP contribution is 2.50. The van der Waals surface area contributed by atoms with Gasteiger partial charge in [-0.3, -0.25) is 9.59 Å². The molecule has 0 heterocycles. The molecule has 3 nitrogen and oxygen atoms in total. The van der Waals surface area contributed by atoms with Crippen molar-refractivity contribution in [3.63, 3.8) is 0 Å². The number of esters is 1. The Morgan fingerprint density at radius 2 is 1.38 bits per heavy atom. The summed E-state index contributed by atoms with van der Waals surface area (Å²) in [6.45, 7) is 4.45. The van der Waals surface area contributed by atoms with Gasteiger partial charge in [0.15, 0.2) is 11.2 Å². The van der Waals surface area contributed by atoms with Gasteiger partial charge in [-0.2, -0.15) is 0 Å². The topological polar surface area (TPSA) is 43.4 Å². The second-order valence-corrected chi connectivity index (χ2v) is 6.86. The highest BCUT2D eigenvalue weighted by Gasteiger charge is 2.55. The van der Waals surface area contributed by atoms with E-state index in [0.29, 0.717) is 13.0 Å². The molecular formula is C23H26O3. The molecule has 1 aliphatic rings. The van der Waals surface area contributed by atoms with Crippen LogP contribution in [-0.4, -0.2) is 18.4 Å². The number of ether oxygens (including phenoxy) is 1. The zero-order chi connectivity index (χ0) is 18.6. The summed E-state index contributed by atoms with van der Waals surface area (Å²) in [5.74, 6) is -0.484. The second-order valence-electron chi connectivity index (χ2n) is 6.86. The number of fused-ring (bicyclic) bond motifs is 3. The van der Waals surface area contributed by atoms with Gasteiger partial charge in [0, 0.05) is 6.42 Å². The summed E-state index contributed by atoms with van der Waals surface area (Å²) < 4.78 is 5.62. The van der Waals surface area contributed by atoms with E-state index in [1.54, 1.807) is 0 Å². The lowest BCUT2D eigenvalue weighted by atomic mass is 9.73. The van der Waals surface area contributed by atoms with Crippen LogP contribution in [0.3, 0.4) is 0 Å². The normalized spacial score (nSPS) is 13.8. The monoisotopic (exact) mass is 350 g/mol. The molecule has 2 aromatic rings. The number of carbonyl (C=O) groups is 2. The van der Waals surface area contributed by atoms with Crippen LogP contribution in [0.25, 0.3) is 11.1 Å². The van der Waals surface area contributed by atoms with Crippen LogP contribution in [0.4, 0.5) is 0 Å². The van der Waals surface area contributed by atoms with Gasteiger partial charge in [0.1, 0.15) is 0 Å². The smallest absolute Gasteiger partial charge is 0.328 e. The highest BCUT2D eigenvalue weighted by atomic mass is 16.5. The molecule has 0 spiro atoms.